The number of aryl methyl sites for hydroxylation is 1. The van der Waals surface area contributed by atoms with Crippen LogP contribution in [0.15, 0.2) is 24.4 Å². The fraction of sp³-hybridized carbons (Fsp3) is 0.522. The minimum Gasteiger partial charge on any atom is -0.486 e. The lowest BCUT2D eigenvalue weighted by atomic mass is 9.38. The third kappa shape index (κ3) is 4.05. The molecule has 6 nitrogen and oxygen atoms in total. The number of nitrogens with one attached hydrogen (secondary N) is 1. The lowest BCUT2D eigenvalue weighted by Gasteiger charge is -2.70. The van der Waals surface area contributed by atoms with E-state index in [4.69, 9.17) is 16.3 Å². The van der Waals surface area contributed by atoms with Crippen molar-refractivity contribution < 1.29 is 14.3 Å². The summed E-state index contributed by atoms with van der Waals surface area (Å²) < 4.78 is 5.64. The van der Waals surface area contributed by atoms with Crippen molar-refractivity contribution in [3.63, 3.8) is 0 Å². The van der Waals surface area contributed by atoms with Crippen LogP contribution in [0, 0.1) is 12.3 Å². The molecule has 164 valence electrons. The van der Waals surface area contributed by atoms with E-state index in [-0.39, 0.29) is 29.3 Å². The van der Waals surface area contributed by atoms with Gasteiger partial charge in [0, 0.05) is 30.1 Å². The van der Waals surface area contributed by atoms with Gasteiger partial charge in [-0.05, 0) is 68.2 Å². The Labute approximate surface area is 190 Å². The summed E-state index contributed by atoms with van der Waals surface area (Å²) in [5.41, 5.74) is 0.832. The molecule has 2 bridgehead atoms. The van der Waals surface area contributed by atoms with Crippen LogP contribution in [0.3, 0.4) is 0 Å². The standard InChI is InChI=1S/C23H26ClN3O3S/c1-15-8-17(4-5-18(15)24)30-11-16(28)9-22-12-23(13-22,14-22)26-20(29)19-10-25-21(31-19)27-6-2-3-7-27/h4-5,8,10H,2-3,6-7,9,11-14H2,1H3,(H,26,29). The number of hydrogen-bond acceptors (Lipinski definition) is 6. The van der Waals surface area contributed by atoms with E-state index in [0.29, 0.717) is 22.1 Å². The van der Waals surface area contributed by atoms with Crippen molar-refractivity contribution in [1.82, 2.24) is 10.3 Å². The van der Waals surface area contributed by atoms with Crippen molar-refractivity contribution in [3.05, 3.63) is 39.9 Å². The first-order chi connectivity index (χ1) is 14.9. The van der Waals surface area contributed by atoms with Crippen molar-refractivity contribution in [3.8, 4) is 5.75 Å². The van der Waals surface area contributed by atoms with E-state index in [1.54, 1.807) is 18.3 Å². The predicted molar refractivity (Wildman–Crippen MR) is 121 cm³/mol. The van der Waals surface area contributed by atoms with Crippen LogP contribution in [0.5, 0.6) is 5.75 Å². The number of aromatic nitrogens is 1. The van der Waals surface area contributed by atoms with E-state index in [1.165, 1.54) is 24.2 Å². The van der Waals surface area contributed by atoms with E-state index in [9.17, 15) is 9.59 Å². The number of thiazole rings is 1. The van der Waals surface area contributed by atoms with E-state index < -0.39 is 0 Å². The second kappa shape index (κ2) is 7.78. The third-order valence-corrected chi connectivity index (χ3v) is 8.20. The SMILES string of the molecule is Cc1cc(OCC(=O)CC23CC(NC(=O)c4cnc(N5CCCC5)s4)(C2)C3)ccc1Cl. The largest absolute Gasteiger partial charge is 0.486 e. The Morgan fingerprint density at radius 1 is 1.26 bits per heavy atom. The van der Waals surface area contributed by atoms with E-state index in [2.05, 4.69) is 15.2 Å². The van der Waals surface area contributed by atoms with Gasteiger partial charge in [0.05, 0.1) is 6.20 Å². The Kier molecular flexibility index (Phi) is 5.21. The molecule has 0 spiro atoms. The van der Waals surface area contributed by atoms with Gasteiger partial charge in [0.25, 0.3) is 5.91 Å². The summed E-state index contributed by atoms with van der Waals surface area (Å²) in [5.74, 6) is 0.725. The molecule has 1 saturated heterocycles. The lowest BCUT2D eigenvalue weighted by Crippen LogP contribution is -2.75. The quantitative estimate of drug-likeness (QED) is 0.633. The molecule has 31 heavy (non-hydrogen) atoms. The molecule has 0 atom stereocenters. The number of nitrogens with zero attached hydrogens (tertiary/aromatic N) is 2. The first-order valence-electron chi connectivity index (χ1n) is 10.8. The Balaban J connectivity index is 1.08. The first kappa shape index (κ1) is 20.8. The normalized spacial score (nSPS) is 26.2. The molecule has 4 fully saturated rings. The molecular formula is C23H26ClN3O3S. The molecule has 1 N–H and O–H groups in total. The summed E-state index contributed by atoms with van der Waals surface area (Å²) >= 11 is 7.49. The smallest absolute Gasteiger partial charge is 0.263 e. The number of ketones is 1. The molecule has 2 aromatic rings. The molecule has 3 aliphatic carbocycles. The minimum absolute atomic E-state index is 0.0379. The molecule has 8 heteroatoms. The molecule has 0 radical (unpaired) electrons. The fourth-order valence-electron chi connectivity index (χ4n) is 5.39. The van der Waals surface area contributed by atoms with Crippen LogP contribution in [-0.2, 0) is 4.79 Å². The van der Waals surface area contributed by atoms with Gasteiger partial charge in [-0.3, -0.25) is 9.59 Å². The van der Waals surface area contributed by atoms with Crippen LogP contribution in [0.25, 0.3) is 0 Å². The van der Waals surface area contributed by atoms with E-state index in [0.717, 1.165) is 43.0 Å². The summed E-state index contributed by atoms with van der Waals surface area (Å²) in [4.78, 5) is 32.5. The zero-order valence-electron chi connectivity index (χ0n) is 17.6. The number of amides is 1. The van der Waals surface area contributed by atoms with Gasteiger partial charge in [-0.2, -0.15) is 0 Å². The Morgan fingerprint density at radius 2 is 2.00 bits per heavy atom. The van der Waals surface area contributed by atoms with Crippen LogP contribution < -0.4 is 15.0 Å². The maximum Gasteiger partial charge on any atom is 0.263 e. The highest BCUT2D eigenvalue weighted by molar-refractivity contribution is 7.17. The molecule has 0 unspecified atom stereocenters. The highest BCUT2D eigenvalue weighted by Gasteiger charge is 2.68. The summed E-state index contributed by atoms with van der Waals surface area (Å²) in [6.45, 7) is 4.03. The second-order valence-electron chi connectivity index (χ2n) is 9.38. The molecule has 3 saturated carbocycles. The van der Waals surface area contributed by atoms with Crippen LogP contribution in [0.4, 0.5) is 5.13 Å². The molecule has 2 heterocycles. The summed E-state index contributed by atoms with van der Waals surface area (Å²) in [6.07, 6.45) is 7.19. The van der Waals surface area contributed by atoms with Gasteiger partial charge in [-0.25, -0.2) is 4.98 Å². The average Bonchev–Trinajstić information content (AvgIpc) is 3.37. The highest BCUT2D eigenvalue weighted by Crippen LogP contribution is 2.69. The van der Waals surface area contributed by atoms with Crippen molar-refractivity contribution in [1.29, 1.82) is 0 Å². The van der Waals surface area contributed by atoms with Gasteiger partial charge in [0.1, 0.15) is 17.2 Å². The second-order valence-corrected chi connectivity index (χ2v) is 10.8. The summed E-state index contributed by atoms with van der Waals surface area (Å²) in [6, 6.07) is 5.40. The fourth-order valence-corrected chi connectivity index (χ4v) is 6.37. The molecule has 6 rings (SSSR count). The number of halogens is 1. The number of hydrogen-bond donors (Lipinski definition) is 1. The van der Waals surface area contributed by atoms with Crippen LogP contribution in [0.2, 0.25) is 5.02 Å². The van der Waals surface area contributed by atoms with Gasteiger partial charge in [-0.1, -0.05) is 22.9 Å². The average molecular weight is 460 g/mol. The summed E-state index contributed by atoms with van der Waals surface area (Å²) in [7, 11) is 0. The number of ether oxygens (including phenoxy) is 1. The first-order valence-corrected chi connectivity index (χ1v) is 12.0. The number of benzene rings is 1. The maximum absolute atomic E-state index is 12.7. The lowest BCUT2D eigenvalue weighted by molar-refractivity contribution is -0.162. The van der Waals surface area contributed by atoms with Crippen molar-refractivity contribution in [2.75, 3.05) is 24.6 Å². The van der Waals surface area contributed by atoms with Gasteiger partial charge in [0.2, 0.25) is 0 Å². The predicted octanol–water partition coefficient (Wildman–Crippen LogP) is 4.40. The summed E-state index contributed by atoms with van der Waals surface area (Å²) in [5, 5.41) is 4.83. The zero-order valence-corrected chi connectivity index (χ0v) is 19.2. The van der Waals surface area contributed by atoms with Crippen molar-refractivity contribution in [2.24, 2.45) is 5.41 Å². The Hall–Kier alpha value is -2.12. The molecule has 1 aromatic carbocycles. The van der Waals surface area contributed by atoms with E-state index in [1.807, 2.05) is 13.0 Å². The van der Waals surface area contributed by atoms with Gasteiger partial charge in [-0.15, -0.1) is 0 Å². The monoisotopic (exact) mass is 459 g/mol. The Morgan fingerprint density at radius 3 is 2.71 bits per heavy atom. The van der Waals surface area contributed by atoms with Crippen LogP contribution >= 0.6 is 22.9 Å². The third-order valence-electron chi connectivity index (χ3n) is 6.71. The van der Waals surface area contributed by atoms with E-state index >= 15 is 0 Å². The molecule has 4 aliphatic rings. The number of carbonyl (C=O) groups is 2. The molecule has 1 amide bonds. The minimum atomic E-state index is -0.136. The number of rotatable bonds is 8. The van der Waals surface area contributed by atoms with Gasteiger partial charge >= 0.3 is 0 Å². The van der Waals surface area contributed by atoms with Gasteiger partial charge in [0.15, 0.2) is 10.9 Å². The number of anilines is 1. The molecule has 1 aromatic heterocycles. The maximum atomic E-state index is 12.7. The van der Waals surface area contributed by atoms with Gasteiger partial charge < -0.3 is 15.0 Å². The highest BCUT2D eigenvalue weighted by atomic mass is 35.5. The number of Topliss-reactive ketones (excluding diaryl/α,β-unsaturated/α-hetero) is 1. The van der Waals surface area contributed by atoms with Crippen LogP contribution in [0.1, 0.15) is 53.8 Å². The Bertz CT molecular complexity index is 1010. The zero-order chi connectivity index (χ0) is 21.6. The molecule has 1 aliphatic heterocycles. The van der Waals surface area contributed by atoms with Crippen molar-refractivity contribution >= 4 is 39.8 Å². The number of carbonyl (C=O) groups excluding carboxylic acids is 2. The topological polar surface area (TPSA) is 71.5 Å². The van der Waals surface area contributed by atoms with Crippen molar-refractivity contribution in [2.45, 2.75) is 51.0 Å². The van der Waals surface area contributed by atoms with Crippen LogP contribution in [-0.4, -0.2) is 41.9 Å². The molecular weight excluding hydrogens is 434 g/mol.